The molecule has 3 aliphatic heterocycles. The molecule has 0 saturated carbocycles. The fourth-order valence-corrected chi connectivity index (χ4v) is 3.93. The molecule has 0 amide bonds. The van der Waals surface area contributed by atoms with Gasteiger partial charge in [-0.25, -0.2) is 0 Å². The van der Waals surface area contributed by atoms with Gasteiger partial charge in [-0.15, -0.1) is 0 Å². The van der Waals surface area contributed by atoms with Crippen LogP contribution in [-0.4, -0.2) is 69.2 Å². The molecule has 2 fully saturated rings. The zero-order valence-corrected chi connectivity index (χ0v) is 14.6. The molecule has 0 radical (unpaired) electrons. The van der Waals surface area contributed by atoms with Crippen LogP contribution in [0, 0.1) is 0 Å². The van der Waals surface area contributed by atoms with Crippen molar-refractivity contribution in [2.45, 2.75) is 6.17 Å². The molecule has 0 N–H and O–H groups in total. The Balaban J connectivity index is 1.68. The van der Waals surface area contributed by atoms with Crippen LogP contribution in [0.5, 0.6) is 11.5 Å². The molecule has 0 spiro atoms. The normalized spacial score (nSPS) is 22.7. The first-order valence-electron chi connectivity index (χ1n) is 8.05. The van der Waals surface area contributed by atoms with Crippen LogP contribution in [0.2, 0.25) is 0 Å². The number of fused-ring (bicyclic) bond motifs is 1. The van der Waals surface area contributed by atoms with E-state index in [2.05, 4.69) is 31.8 Å². The summed E-state index contributed by atoms with van der Waals surface area (Å²) in [6.45, 7) is 7.15. The van der Waals surface area contributed by atoms with E-state index in [9.17, 15) is 0 Å². The molecular formula is C16H21BrN2O4. The van der Waals surface area contributed by atoms with Crippen molar-refractivity contribution in [3.8, 4) is 11.5 Å². The highest BCUT2D eigenvalue weighted by Gasteiger charge is 2.32. The van der Waals surface area contributed by atoms with Crippen molar-refractivity contribution in [3.63, 3.8) is 0 Å². The van der Waals surface area contributed by atoms with Gasteiger partial charge in [0, 0.05) is 36.2 Å². The van der Waals surface area contributed by atoms with E-state index in [0.29, 0.717) is 6.79 Å². The van der Waals surface area contributed by atoms with Gasteiger partial charge < -0.3 is 18.9 Å². The Morgan fingerprint density at radius 1 is 0.826 bits per heavy atom. The number of ether oxygens (including phenoxy) is 4. The van der Waals surface area contributed by atoms with Crippen LogP contribution >= 0.6 is 15.9 Å². The molecule has 1 aromatic carbocycles. The van der Waals surface area contributed by atoms with E-state index in [1.54, 1.807) is 0 Å². The molecule has 0 unspecified atom stereocenters. The minimum absolute atomic E-state index is 0.201. The van der Waals surface area contributed by atoms with E-state index >= 15 is 0 Å². The standard InChI is InChI=1S/C16H21BrN2O4/c17-13-10-15-14(22-11-23-15)9-12(13)16(18-1-5-20-6-2-18)19-3-7-21-8-4-19/h9-10,16H,1-8,11H2. The summed E-state index contributed by atoms with van der Waals surface area (Å²) in [4.78, 5) is 4.97. The lowest BCUT2D eigenvalue weighted by molar-refractivity contribution is -0.0678. The Bertz CT molecular complexity index is 541. The molecule has 0 bridgehead atoms. The summed E-state index contributed by atoms with van der Waals surface area (Å²) in [5, 5.41) is 0. The maximum Gasteiger partial charge on any atom is 0.231 e. The molecule has 0 aromatic heterocycles. The number of halogens is 1. The number of nitrogens with zero attached hydrogens (tertiary/aromatic N) is 2. The molecule has 126 valence electrons. The first-order chi connectivity index (χ1) is 11.3. The van der Waals surface area contributed by atoms with E-state index in [4.69, 9.17) is 18.9 Å². The summed E-state index contributed by atoms with van der Waals surface area (Å²) in [7, 11) is 0. The molecule has 0 aliphatic carbocycles. The van der Waals surface area contributed by atoms with Crippen molar-refractivity contribution in [2.24, 2.45) is 0 Å². The molecular weight excluding hydrogens is 364 g/mol. The zero-order valence-electron chi connectivity index (χ0n) is 13.0. The third-order valence-electron chi connectivity index (χ3n) is 4.55. The van der Waals surface area contributed by atoms with Gasteiger partial charge in [0.1, 0.15) is 0 Å². The van der Waals surface area contributed by atoms with Crippen LogP contribution in [0.3, 0.4) is 0 Å². The SMILES string of the molecule is Brc1cc2c(cc1C(N1CCOCC1)N1CCOCC1)OCO2. The predicted molar refractivity (Wildman–Crippen MR) is 87.8 cm³/mol. The van der Waals surface area contributed by atoms with Gasteiger partial charge >= 0.3 is 0 Å². The second-order valence-corrected chi connectivity index (χ2v) is 6.75. The average Bonchev–Trinajstić information content (AvgIpc) is 3.04. The van der Waals surface area contributed by atoms with E-state index in [1.807, 2.05) is 6.07 Å². The minimum atomic E-state index is 0.201. The number of hydrogen-bond acceptors (Lipinski definition) is 6. The van der Waals surface area contributed by atoms with Crippen molar-refractivity contribution in [2.75, 3.05) is 59.4 Å². The van der Waals surface area contributed by atoms with Gasteiger partial charge in [-0.2, -0.15) is 0 Å². The van der Waals surface area contributed by atoms with E-state index in [1.165, 1.54) is 5.56 Å². The van der Waals surface area contributed by atoms with Crippen LogP contribution in [0.15, 0.2) is 16.6 Å². The van der Waals surface area contributed by atoms with Gasteiger partial charge in [0.05, 0.1) is 32.6 Å². The average molecular weight is 385 g/mol. The topological polar surface area (TPSA) is 43.4 Å². The molecule has 6 nitrogen and oxygen atoms in total. The van der Waals surface area contributed by atoms with Gasteiger partial charge in [-0.3, -0.25) is 9.80 Å². The monoisotopic (exact) mass is 384 g/mol. The molecule has 23 heavy (non-hydrogen) atoms. The minimum Gasteiger partial charge on any atom is -0.454 e. The van der Waals surface area contributed by atoms with Gasteiger partial charge in [-0.05, 0) is 12.1 Å². The molecule has 7 heteroatoms. The van der Waals surface area contributed by atoms with Crippen molar-refractivity contribution >= 4 is 15.9 Å². The highest BCUT2D eigenvalue weighted by atomic mass is 79.9. The van der Waals surface area contributed by atoms with E-state index < -0.39 is 0 Å². The second kappa shape index (κ2) is 6.94. The third-order valence-corrected chi connectivity index (χ3v) is 5.24. The summed E-state index contributed by atoms with van der Waals surface area (Å²) in [6, 6.07) is 4.13. The van der Waals surface area contributed by atoms with Gasteiger partial charge in [-0.1, -0.05) is 15.9 Å². The predicted octanol–water partition coefficient (Wildman–Crippen LogP) is 1.84. The van der Waals surface area contributed by atoms with Crippen LogP contribution < -0.4 is 9.47 Å². The van der Waals surface area contributed by atoms with E-state index in [-0.39, 0.29) is 6.17 Å². The van der Waals surface area contributed by atoms with Crippen molar-refractivity contribution in [1.82, 2.24) is 9.80 Å². The lowest BCUT2D eigenvalue weighted by Gasteiger charge is -2.43. The highest BCUT2D eigenvalue weighted by molar-refractivity contribution is 9.10. The Hall–Kier alpha value is -0.860. The molecule has 1 aromatic rings. The maximum atomic E-state index is 5.59. The van der Waals surface area contributed by atoms with Crippen LogP contribution in [0.4, 0.5) is 0 Å². The molecule has 4 rings (SSSR count). The molecule has 3 heterocycles. The van der Waals surface area contributed by atoms with Crippen LogP contribution in [0.1, 0.15) is 11.7 Å². The van der Waals surface area contributed by atoms with Crippen molar-refractivity contribution in [3.05, 3.63) is 22.2 Å². The maximum absolute atomic E-state index is 5.59. The number of benzene rings is 1. The van der Waals surface area contributed by atoms with Crippen molar-refractivity contribution < 1.29 is 18.9 Å². The van der Waals surface area contributed by atoms with Crippen molar-refractivity contribution in [1.29, 1.82) is 0 Å². The first-order valence-corrected chi connectivity index (χ1v) is 8.85. The fraction of sp³-hybridized carbons (Fsp3) is 0.625. The summed E-state index contributed by atoms with van der Waals surface area (Å²) in [6.07, 6.45) is 0.201. The quantitative estimate of drug-likeness (QED) is 0.791. The fourth-order valence-electron chi connectivity index (χ4n) is 3.40. The lowest BCUT2D eigenvalue weighted by Crippen LogP contribution is -2.50. The smallest absolute Gasteiger partial charge is 0.231 e. The summed E-state index contributed by atoms with van der Waals surface area (Å²) in [5.41, 5.74) is 1.22. The summed E-state index contributed by atoms with van der Waals surface area (Å²) in [5.74, 6) is 1.64. The van der Waals surface area contributed by atoms with Crippen LogP contribution in [0.25, 0.3) is 0 Å². The van der Waals surface area contributed by atoms with Crippen LogP contribution in [-0.2, 0) is 9.47 Å². The largest absolute Gasteiger partial charge is 0.454 e. The highest BCUT2D eigenvalue weighted by Crippen LogP contribution is 2.41. The molecule has 0 atom stereocenters. The Labute approximate surface area is 144 Å². The Morgan fingerprint density at radius 3 is 1.91 bits per heavy atom. The lowest BCUT2D eigenvalue weighted by atomic mass is 10.1. The van der Waals surface area contributed by atoms with E-state index in [0.717, 1.165) is 68.6 Å². The zero-order chi connectivity index (χ0) is 15.6. The van der Waals surface area contributed by atoms with Gasteiger partial charge in [0.25, 0.3) is 0 Å². The third kappa shape index (κ3) is 3.21. The van der Waals surface area contributed by atoms with Gasteiger partial charge in [0.15, 0.2) is 11.5 Å². The number of hydrogen-bond donors (Lipinski definition) is 0. The van der Waals surface area contributed by atoms with Gasteiger partial charge in [0.2, 0.25) is 6.79 Å². The first kappa shape index (κ1) is 15.7. The Kier molecular flexibility index (Phi) is 4.73. The Morgan fingerprint density at radius 2 is 1.35 bits per heavy atom. The second-order valence-electron chi connectivity index (χ2n) is 5.90. The summed E-state index contributed by atoms with van der Waals surface area (Å²) < 4.78 is 23.2. The molecule has 3 aliphatic rings. The number of rotatable bonds is 3. The number of morpholine rings is 2. The summed E-state index contributed by atoms with van der Waals surface area (Å²) >= 11 is 3.73. The molecule has 2 saturated heterocycles.